The van der Waals surface area contributed by atoms with E-state index in [0.717, 1.165) is 93.1 Å². The summed E-state index contributed by atoms with van der Waals surface area (Å²) in [7, 11) is 3.78. The smallest absolute Gasteiger partial charge is 0.302 e. The van der Waals surface area contributed by atoms with Crippen molar-refractivity contribution in [1.82, 2.24) is 15.2 Å². The summed E-state index contributed by atoms with van der Waals surface area (Å²) in [6.45, 7) is 2.56. The van der Waals surface area contributed by atoms with E-state index in [9.17, 15) is 19.8 Å². The number of aliphatic hydroxyl groups excluding tert-OH is 1. The first-order valence-corrected chi connectivity index (χ1v) is 24.3. The Labute approximate surface area is 357 Å². The van der Waals surface area contributed by atoms with E-state index in [-0.39, 0.29) is 41.1 Å². The molecule has 3 fully saturated rings. The van der Waals surface area contributed by atoms with Gasteiger partial charge in [-0.1, -0.05) is 65.8 Å². The van der Waals surface area contributed by atoms with Gasteiger partial charge in [-0.15, -0.1) is 0 Å². The third kappa shape index (κ3) is 11.4. The molecule has 12 nitrogen and oxygen atoms in total. The van der Waals surface area contributed by atoms with Crippen molar-refractivity contribution >= 4 is 51.3 Å². The Morgan fingerprint density at radius 1 is 1.05 bits per heavy atom. The number of guanidine groups is 1. The van der Waals surface area contributed by atoms with Gasteiger partial charge in [-0.25, -0.2) is 4.98 Å². The highest BCUT2D eigenvalue weighted by Gasteiger charge is 2.44. The summed E-state index contributed by atoms with van der Waals surface area (Å²) in [6, 6.07) is 5.83. The summed E-state index contributed by atoms with van der Waals surface area (Å²) in [5, 5.41) is 26.7. The molecule has 1 aromatic heterocycles. The lowest BCUT2D eigenvalue weighted by Crippen LogP contribution is -2.47. The number of benzene rings is 1. The SMILES string of the molecule is CC(=O)OC1CCc2cc(c(O)c3c2C=CC2CCCC2O3)CN2CC(Cc3ccnc(N)c3)(CCN=C(N)NC3(CCCC3)SSCCCCCCC(O)C1)CC2=O. The molecule has 5 atom stereocenters. The molecule has 0 radical (unpaired) electrons. The van der Waals surface area contributed by atoms with Gasteiger partial charge in [0.25, 0.3) is 0 Å². The number of nitrogen functional groups attached to an aromatic ring is 1. The number of pyridine rings is 1. The topological polar surface area (TPSA) is 186 Å². The first-order valence-electron chi connectivity index (χ1n) is 21.9. The van der Waals surface area contributed by atoms with E-state index < -0.39 is 17.6 Å². The number of aromatic hydroxyl groups is 1. The highest BCUT2D eigenvalue weighted by molar-refractivity contribution is 8.77. The second-order valence-electron chi connectivity index (χ2n) is 17.7. The normalized spacial score (nSPS) is 28.5. The number of rotatable bonds is 3. The van der Waals surface area contributed by atoms with Gasteiger partial charge in [-0.3, -0.25) is 14.6 Å². The Morgan fingerprint density at radius 2 is 1.88 bits per heavy atom. The molecule has 4 bridgehead atoms. The molecule has 1 saturated heterocycles. The molecule has 2 aliphatic carbocycles. The Balaban J connectivity index is 1.19. The molecule has 14 heteroatoms. The van der Waals surface area contributed by atoms with Gasteiger partial charge in [-0.05, 0) is 100.0 Å². The van der Waals surface area contributed by atoms with Crippen LogP contribution in [0, 0.1) is 11.3 Å². The number of aliphatic hydroxyl groups is 1. The number of phenols is 1. The number of nitrogens with two attached hydrogens (primary N) is 2. The Hall–Kier alpha value is -3.62. The maximum Gasteiger partial charge on any atom is 0.302 e. The number of hydrogen-bond donors (Lipinski definition) is 5. The van der Waals surface area contributed by atoms with Crippen molar-refractivity contribution in [2.75, 3.05) is 24.6 Å². The lowest BCUT2D eigenvalue weighted by Gasteiger charge is -2.30. The van der Waals surface area contributed by atoms with Crippen LogP contribution < -0.4 is 21.5 Å². The van der Waals surface area contributed by atoms with Crippen LogP contribution in [0.1, 0.15) is 132 Å². The largest absolute Gasteiger partial charge is 0.504 e. The quantitative estimate of drug-likeness (QED) is 0.152. The molecular formula is C45H64N6O6S2. The van der Waals surface area contributed by atoms with Crippen molar-refractivity contribution < 1.29 is 29.3 Å². The van der Waals surface area contributed by atoms with Crippen LogP contribution in [0.15, 0.2) is 35.5 Å². The number of aryl methyl sites for hydroxylation is 1. The van der Waals surface area contributed by atoms with Crippen molar-refractivity contribution in [2.24, 2.45) is 22.1 Å². The highest BCUT2D eigenvalue weighted by Crippen LogP contribution is 2.47. The number of aliphatic imine (C=N–C) groups is 1. The fourth-order valence-electron chi connectivity index (χ4n) is 9.95. The zero-order valence-corrected chi connectivity index (χ0v) is 36.3. The number of carbonyl (C=O) groups is 2. The third-order valence-electron chi connectivity index (χ3n) is 13.0. The summed E-state index contributed by atoms with van der Waals surface area (Å²) in [5.74, 6) is 2.34. The summed E-state index contributed by atoms with van der Waals surface area (Å²) in [5.41, 5.74) is 15.7. The average molecular weight is 849 g/mol. The fraction of sp³-hybridized carbons (Fsp3) is 0.644. The summed E-state index contributed by atoms with van der Waals surface area (Å²) in [6.07, 6.45) is 20.1. The van der Waals surface area contributed by atoms with E-state index in [0.29, 0.717) is 81.1 Å². The molecule has 5 aliphatic rings. The van der Waals surface area contributed by atoms with Crippen molar-refractivity contribution in [3.63, 3.8) is 0 Å². The number of aromatic nitrogens is 1. The number of ether oxygens (including phenoxy) is 2. The van der Waals surface area contributed by atoms with Crippen LogP contribution in [-0.2, 0) is 33.7 Å². The van der Waals surface area contributed by atoms with Gasteiger partial charge in [-0.2, -0.15) is 0 Å². The number of carbonyl (C=O) groups excluding carboxylic acids is 2. The number of nitrogens with one attached hydrogen (secondary N) is 1. The van der Waals surface area contributed by atoms with Gasteiger partial charge < -0.3 is 41.4 Å². The van der Waals surface area contributed by atoms with Crippen LogP contribution in [0.5, 0.6) is 11.5 Å². The van der Waals surface area contributed by atoms with Crippen LogP contribution in [-0.4, -0.2) is 80.0 Å². The van der Waals surface area contributed by atoms with Gasteiger partial charge in [0, 0.05) is 73.8 Å². The predicted octanol–water partition coefficient (Wildman–Crippen LogP) is 7.43. The van der Waals surface area contributed by atoms with E-state index in [1.165, 1.54) is 6.92 Å². The Kier molecular flexibility index (Phi) is 14.6. The summed E-state index contributed by atoms with van der Waals surface area (Å²) >= 11 is 0. The monoisotopic (exact) mass is 848 g/mol. The van der Waals surface area contributed by atoms with Gasteiger partial charge in [0.15, 0.2) is 17.5 Å². The van der Waals surface area contributed by atoms with Crippen molar-refractivity contribution in [1.29, 1.82) is 0 Å². The van der Waals surface area contributed by atoms with Crippen molar-refractivity contribution in [2.45, 2.75) is 152 Å². The second-order valence-corrected chi connectivity index (χ2v) is 20.5. The summed E-state index contributed by atoms with van der Waals surface area (Å²) < 4.78 is 12.5. The third-order valence-corrected chi connectivity index (χ3v) is 16.2. The first-order chi connectivity index (χ1) is 28.5. The molecule has 1 aromatic carbocycles. The van der Waals surface area contributed by atoms with E-state index in [4.69, 9.17) is 25.9 Å². The van der Waals surface area contributed by atoms with Crippen LogP contribution in [0.2, 0.25) is 0 Å². The molecule has 322 valence electrons. The summed E-state index contributed by atoms with van der Waals surface area (Å²) in [4.78, 5) is 37.2. The van der Waals surface area contributed by atoms with Crippen LogP contribution in [0.4, 0.5) is 5.82 Å². The van der Waals surface area contributed by atoms with E-state index >= 15 is 0 Å². The minimum Gasteiger partial charge on any atom is -0.504 e. The molecule has 7 rings (SSSR count). The zero-order chi connectivity index (χ0) is 41.4. The Bertz CT molecular complexity index is 1850. The molecule has 2 aromatic rings. The Morgan fingerprint density at radius 3 is 2.69 bits per heavy atom. The molecule has 1 spiro atoms. The number of amides is 1. The number of phenolic OH excluding ortho intramolecular Hbond substituents is 1. The highest BCUT2D eigenvalue weighted by atomic mass is 33.1. The van der Waals surface area contributed by atoms with Crippen LogP contribution in [0.3, 0.4) is 0 Å². The van der Waals surface area contributed by atoms with Gasteiger partial charge in [0.05, 0.1) is 11.0 Å². The minimum absolute atomic E-state index is 0.00858. The van der Waals surface area contributed by atoms with E-state index in [1.54, 1.807) is 6.20 Å². The molecule has 1 amide bonds. The molecule has 4 heterocycles. The first kappa shape index (κ1) is 43.5. The number of hydrogen-bond acceptors (Lipinski definition) is 13. The minimum atomic E-state index is -0.580. The molecule has 7 N–H and O–H groups in total. The number of nitrogens with zero attached hydrogens (tertiary/aromatic N) is 3. The van der Waals surface area contributed by atoms with Crippen molar-refractivity contribution in [3.8, 4) is 11.5 Å². The predicted molar refractivity (Wildman–Crippen MR) is 237 cm³/mol. The maximum absolute atomic E-state index is 14.1. The number of fused-ring (bicyclic) bond motifs is 7. The maximum atomic E-state index is 14.1. The van der Waals surface area contributed by atoms with E-state index in [2.05, 4.69) is 22.5 Å². The van der Waals surface area contributed by atoms with E-state index in [1.807, 2.05) is 44.7 Å². The molecular weight excluding hydrogens is 785 g/mol. The van der Waals surface area contributed by atoms with Crippen LogP contribution in [0.25, 0.3) is 6.08 Å². The zero-order valence-electron chi connectivity index (χ0n) is 34.7. The second kappa shape index (κ2) is 19.8. The fourth-order valence-corrected chi connectivity index (χ4v) is 13.1. The van der Waals surface area contributed by atoms with Gasteiger partial charge in [0.2, 0.25) is 5.91 Å². The van der Waals surface area contributed by atoms with Crippen LogP contribution >= 0.6 is 21.6 Å². The molecule has 5 unspecified atom stereocenters. The number of esters is 1. The average Bonchev–Trinajstić information content (AvgIpc) is 3.88. The molecule has 2 saturated carbocycles. The number of anilines is 1. The van der Waals surface area contributed by atoms with Gasteiger partial charge in [0.1, 0.15) is 18.0 Å². The molecule has 3 aliphatic heterocycles. The van der Waals surface area contributed by atoms with Crippen molar-refractivity contribution in [3.05, 3.63) is 52.7 Å². The standard InChI is InChI=1S/C45H64N6O6S2/c1-30(52)56-36-14-12-33-24-34(41(55)42-37(33)15-13-32-9-8-11-38(32)57-42)28-51-29-44(27-40(51)54,26-31-16-20-48-39(46)23-31)19-21-49-43(47)50-45(17-5-6-18-45)59-58-22-7-3-2-4-10-35(53)25-36/h13,15-16,20,23-24,32,35-36,38,53,55H,2-12,14,17-19,21-22,25-29H2,1H3,(H2,46,48)(H3,47,49,50). The lowest BCUT2D eigenvalue weighted by atomic mass is 9.78. The lowest BCUT2D eigenvalue weighted by molar-refractivity contribution is -0.148. The molecule has 59 heavy (non-hydrogen) atoms. The van der Waals surface area contributed by atoms with Gasteiger partial charge >= 0.3 is 5.97 Å².